The number of thiophene rings is 1. The molecule has 1 N–H and O–H groups in total. The number of nitrogens with one attached hydrogen (secondary N) is 1. The Labute approximate surface area is 182 Å². The lowest BCUT2D eigenvalue weighted by molar-refractivity contribution is -0.135. The third-order valence-corrected chi connectivity index (χ3v) is 6.58. The van der Waals surface area contributed by atoms with Gasteiger partial charge in [0.1, 0.15) is 18.9 Å². The molecule has 3 rings (SSSR count). The predicted molar refractivity (Wildman–Crippen MR) is 120 cm³/mol. The molecule has 0 spiro atoms. The van der Waals surface area contributed by atoms with Crippen molar-refractivity contribution in [2.24, 2.45) is 0 Å². The molecule has 0 bridgehead atoms. The van der Waals surface area contributed by atoms with Gasteiger partial charge in [0.25, 0.3) is 0 Å². The Kier molecular flexibility index (Phi) is 7.74. The Morgan fingerprint density at radius 3 is 2.73 bits per heavy atom. The Morgan fingerprint density at radius 1 is 1.27 bits per heavy atom. The van der Waals surface area contributed by atoms with E-state index in [-0.39, 0.29) is 30.6 Å². The molecule has 2 aromatic rings. The molecule has 1 aromatic carbocycles. The van der Waals surface area contributed by atoms with Gasteiger partial charge in [0.2, 0.25) is 5.91 Å². The maximum Gasteiger partial charge on any atom is 0.318 e. The second kappa shape index (κ2) is 10.5. The summed E-state index contributed by atoms with van der Waals surface area (Å²) in [7, 11) is 0. The van der Waals surface area contributed by atoms with E-state index in [1.807, 2.05) is 56.0 Å². The number of amides is 3. The Hall–Kier alpha value is -2.54. The highest BCUT2D eigenvalue weighted by molar-refractivity contribution is 7.10. The van der Waals surface area contributed by atoms with Crippen molar-refractivity contribution >= 4 is 23.3 Å². The average Bonchev–Trinajstić information content (AvgIpc) is 3.25. The highest BCUT2D eigenvalue weighted by Crippen LogP contribution is 2.34. The van der Waals surface area contributed by atoms with Crippen LogP contribution in [0.2, 0.25) is 0 Å². The van der Waals surface area contributed by atoms with Crippen molar-refractivity contribution < 1.29 is 14.3 Å². The zero-order chi connectivity index (χ0) is 21.5. The van der Waals surface area contributed by atoms with Gasteiger partial charge >= 0.3 is 6.03 Å². The highest BCUT2D eigenvalue weighted by atomic mass is 32.1. The van der Waals surface area contributed by atoms with Gasteiger partial charge in [0.05, 0.1) is 6.04 Å². The first-order chi connectivity index (χ1) is 14.5. The van der Waals surface area contributed by atoms with Crippen molar-refractivity contribution in [3.63, 3.8) is 0 Å². The number of para-hydroxylation sites is 1. The quantitative estimate of drug-likeness (QED) is 0.688. The van der Waals surface area contributed by atoms with Crippen molar-refractivity contribution in [1.29, 1.82) is 0 Å². The van der Waals surface area contributed by atoms with E-state index in [4.69, 9.17) is 4.74 Å². The molecule has 7 heteroatoms. The number of carbonyl (C=O) groups excluding carboxylic acids is 2. The lowest BCUT2D eigenvalue weighted by Gasteiger charge is -2.38. The Morgan fingerprint density at radius 2 is 2.03 bits per heavy atom. The minimum absolute atomic E-state index is 0.0129. The molecule has 2 heterocycles. The van der Waals surface area contributed by atoms with E-state index in [2.05, 4.69) is 16.8 Å². The van der Waals surface area contributed by atoms with Crippen LogP contribution in [0.1, 0.15) is 43.7 Å². The Balaban J connectivity index is 1.77. The van der Waals surface area contributed by atoms with Crippen LogP contribution in [0.25, 0.3) is 0 Å². The lowest BCUT2D eigenvalue weighted by Crippen LogP contribution is -2.52. The van der Waals surface area contributed by atoms with Crippen molar-refractivity contribution in [2.75, 3.05) is 26.2 Å². The molecule has 0 saturated carbocycles. The monoisotopic (exact) mass is 429 g/mol. The van der Waals surface area contributed by atoms with Gasteiger partial charge in [-0.3, -0.25) is 4.79 Å². The molecule has 0 saturated heterocycles. The molecule has 1 aliphatic heterocycles. The molecule has 0 aliphatic carbocycles. The normalized spacial score (nSPS) is 16.5. The van der Waals surface area contributed by atoms with E-state index < -0.39 is 0 Å². The molecule has 0 radical (unpaired) electrons. The number of hydrogen-bond donors (Lipinski definition) is 1. The molecular formula is C23H31N3O3S. The molecule has 2 atom stereocenters. The maximum absolute atomic E-state index is 13.3. The molecule has 1 aromatic heterocycles. The summed E-state index contributed by atoms with van der Waals surface area (Å²) in [5.41, 5.74) is 1.16. The number of hydrogen-bond acceptors (Lipinski definition) is 4. The standard InChI is InChI=1S/C23H31N3O3S/c1-4-17(3)26(23(28)24-5-2)15-22(27)25-13-11-21-19(12-14-30-21)20(25)16-29-18-9-7-6-8-10-18/h6-10,12,14,17,20H,4-5,11,13,15-16H2,1-3H3,(H,24,28)/t17-,20+/m0/s1. The molecule has 1 aliphatic rings. The summed E-state index contributed by atoms with van der Waals surface area (Å²) in [6, 6.07) is 11.4. The van der Waals surface area contributed by atoms with E-state index in [0.29, 0.717) is 19.7 Å². The first-order valence-electron chi connectivity index (χ1n) is 10.6. The first kappa shape index (κ1) is 22.2. The zero-order valence-corrected chi connectivity index (χ0v) is 18.8. The van der Waals surface area contributed by atoms with E-state index in [9.17, 15) is 9.59 Å². The fourth-order valence-electron chi connectivity index (χ4n) is 3.70. The zero-order valence-electron chi connectivity index (χ0n) is 18.0. The second-order valence-electron chi connectivity index (χ2n) is 7.50. The topological polar surface area (TPSA) is 61.9 Å². The summed E-state index contributed by atoms with van der Waals surface area (Å²) in [4.78, 5) is 30.7. The number of rotatable bonds is 8. The van der Waals surface area contributed by atoms with Crippen LogP contribution in [-0.2, 0) is 11.2 Å². The van der Waals surface area contributed by atoms with Crippen LogP contribution in [-0.4, -0.2) is 54.0 Å². The van der Waals surface area contributed by atoms with Gasteiger partial charge < -0.3 is 19.9 Å². The number of urea groups is 1. The summed E-state index contributed by atoms with van der Waals surface area (Å²) in [6.07, 6.45) is 1.63. The molecule has 162 valence electrons. The molecule has 3 amide bonds. The molecular weight excluding hydrogens is 398 g/mol. The molecule has 0 fully saturated rings. The number of carbonyl (C=O) groups is 2. The largest absolute Gasteiger partial charge is 0.491 e. The third kappa shape index (κ3) is 5.14. The van der Waals surface area contributed by atoms with Gasteiger partial charge in [-0.1, -0.05) is 25.1 Å². The van der Waals surface area contributed by atoms with E-state index in [0.717, 1.165) is 24.2 Å². The summed E-state index contributed by atoms with van der Waals surface area (Å²) >= 11 is 1.73. The fourth-order valence-corrected chi connectivity index (χ4v) is 4.63. The van der Waals surface area contributed by atoms with Crippen molar-refractivity contribution in [3.05, 3.63) is 52.2 Å². The van der Waals surface area contributed by atoms with Gasteiger partial charge in [-0.25, -0.2) is 4.79 Å². The van der Waals surface area contributed by atoms with Crippen LogP contribution in [0.4, 0.5) is 4.79 Å². The van der Waals surface area contributed by atoms with E-state index >= 15 is 0 Å². The third-order valence-electron chi connectivity index (χ3n) is 5.58. The van der Waals surface area contributed by atoms with Crippen molar-refractivity contribution in [1.82, 2.24) is 15.1 Å². The van der Waals surface area contributed by atoms with Gasteiger partial charge in [-0.05, 0) is 55.8 Å². The number of fused-ring (bicyclic) bond motifs is 1. The summed E-state index contributed by atoms with van der Waals surface area (Å²) < 4.78 is 6.03. The molecule has 6 nitrogen and oxygen atoms in total. The minimum Gasteiger partial charge on any atom is -0.491 e. The Bertz CT molecular complexity index is 839. The van der Waals surface area contributed by atoms with Crippen molar-refractivity contribution in [2.45, 2.75) is 45.7 Å². The SMILES string of the molecule is CCNC(=O)N(CC(=O)N1CCc2sccc2[C@H]1COc1ccccc1)[C@@H](C)CC. The predicted octanol–water partition coefficient (Wildman–Crippen LogP) is 4.08. The fraction of sp³-hybridized carbons (Fsp3) is 0.478. The van der Waals surface area contributed by atoms with Crippen LogP contribution in [0.5, 0.6) is 5.75 Å². The van der Waals surface area contributed by atoms with Crippen molar-refractivity contribution in [3.8, 4) is 5.75 Å². The van der Waals surface area contributed by atoms with Crippen LogP contribution >= 0.6 is 11.3 Å². The maximum atomic E-state index is 13.3. The summed E-state index contributed by atoms with van der Waals surface area (Å²) in [5, 5.41) is 4.91. The van der Waals surface area contributed by atoms with Crippen LogP contribution < -0.4 is 10.1 Å². The van der Waals surface area contributed by atoms with E-state index in [1.54, 1.807) is 16.2 Å². The first-order valence-corrected chi connectivity index (χ1v) is 11.5. The second-order valence-corrected chi connectivity index (χ2v) is 8.50. The molecule has 0 unspecified atom stereocenters. The smallest absolute Gasteiger partial charge is 0.318 e. The number of ether oxygens (including phenoxy) is 1. The van der Waals surface area contributed by atoms with E-state index in [1.165, 1.54) is 4.88 Å². The van der Waals surface area contributed by atoms with Gasteiger partial charge in [0.15, 0.2) is 0 Å². The van der Waals surface area contributed by atoms with Crippen LogP contribution in [0, 0.1) is 0 Å². The number of benzene rings is 1. The highest BCUT2D eigenvalue weighted by Gasteiger charge is 2.34. The minimum atomic E-state index is -0.189. The lowest BCUT2D eigenvalue weighted by atomic mass is 10.00. The summed E-state index contributed by atoms with van der Waals surface area (Å²) in [5.74, 6) is 0.746. The van der Waals surface area contributed by atoms with Gasteiger partial charge in [-0.15, -0.1) is 11.3 Å². The van der Waals surface area contributed by atoms with Gasteiger partial charge in [-0.2, -0.15) is 0 Å². The van der Waals surface area contributed by atoms with Crippen LogP contribution in [0.15, 0.2) is 41.8 Å². The molecule has 30 heavy (non-hydrogen) atoms. The van der Waals surface area contributed by atoms with Crippen LogP contribution in [0.3, 0.4) is 0 Å². The average molecular weight is 430 g/mol. The summed E-state index contributed by atoms with van der Waals surface area (Å²) in [6.45, 7) is 7.52. The number of nitrogens with zero attached hydrogens (tertiary/aromatic N) is 2. The van der Waals surface area contributed by atoms with Gasteiger partial charge in [0, 0.05) is 24.0 Å².